The highest BCUT2D eigenvalue weighted by Crippen LogP contribution is 2.28. The normalized spacial score (nSPS) is 11.1. The first kappa shape index (κ1) is 25.0. The Morgan fingerprint density at radius 2 is 1.22 bits per heavy atom. The molecule has 0 saturated carbocycles. The average Bonchev–Trinajstić information content (AvgIpc) is 2.82. The number of hydrogen-bond acceptors (Lipinski definition) is 7. The Hall–Kier alpha value is -4.11. The minimum absolute atomic E-state index is 0.216. The SMILES string of the molecule is COc1cc(C)c(S(=O)(=O)Nc2ccc(Nc3cc(Nc4ccc(C)cc4)nc(C)n3)cc2)cc1C. The molecule has 1 heterocycles. The molecule has 0 amide bonds. The monoisotopic (exact) mass is 503 g/mol. The number of sulfonamides is 1. The molecule has 0 fully saturated rings. The van der Waals surface area contributed by atoms with E-state index in [9.17, 15) is 8.42 Å². The van der Waals surface area contributed by atoms with Gasteiger partial charge in [-0.2, -0.15) is 0 Å². The Balaban J connectivity index is 1.48. The van der Waals surface area contributed by atoms with Crippen LogP contribution in [0.4, 0.5) is 28.7 Å². The number of ether oxygens (including phenoxy) is 1. The second-order valence-electron chi connectivity index (χ2n) is 8.57. The van der Waals surface area contributed by atoms with Gasteiger partial charge < -0.3 is 15.4 Å². The molecule has 0 aliphatic carbocycles. The van der Waals surface area contributed by atoms with E-state index in [-0.39, 0.29) is 4.90 Å². The van der Waals surface area contributed by atoms with E-state index < -0.39 is 10.0 Å². The minimum atomic E-state index is -3.76. The lowest BCUT2D eigenvalue weighted by Crippen LogP contribution is -2.14. The maximum absolute atomic E-state index is 13.0. The third-order valence-electron chi connectivity index (χ3n) is 5.55. The van der Waals surface area contributed by atoms with Crippen molar-refractivity contribution >= 4 is 38.7 Å². The highest BCUT2D eigenvalue weighted by Gasteiger charge is 2.19. The first-order valence-corrected chi connectivity index (χ1v) is 12.9. The number of anilines is 5. The van der Waals surface area contributed by atoms with Crippen molar-refractivity contribution in [3.63, 3.8) is 0 Å². The molecule has 4 aromatic rings. The molecule has 3 aromatic carbocycles. The van der Waals surface area contributed by atoms with Crippen molar-refractivity contribution in [1.82, 2.24) is 9.97 Å². The quantitative estimate of drug-likeness (QED) is 0.270. The number of aromatic nitrogens is 2. The lowest BCUT2D eigenvalue weighted by molar-refractivity contribution is 0.411. The summed E-state index contributed by atoms with van der Waals surface area (Å²) in [4.78, 5) is 9.12. The summed E-state index contributed by atoms with van der Waals surface area (Å²) in [5.41, 5.74) is 4.69. The lowest BCUT2D eigenvalue weighted by atomic mass is 10.1. The largest absolute Gasteiger partial charge is 0.496 e. The van der Waals surface area contributed by atoms with Crippen molar-refractivity contribution in [1.29, 1.82) is 0 Å². The molecule has 0 saturated heterocycles. The van der Waals surface area contributed by atoms with E-state index in [0.29, 0.717) is 34.5 Å². The third kappa shape index (κ3) is 5.92. The van der Waals surface area contributed by atoms with E-state index in [4.69, 9.17) is 4.74 Å². The lowest BCUT2D eigenvalue weighted by Gasteiger charge is -2.14. The van der Waals surface area contributed by atoms with Crippen LogP contribution in [0.2, 0.25) is 0 Å². The summed E-state index contributed by atoms with van der Waals surface area (Å²) in [7, 11) is -2.20. The van der Waals surface area contributed by atoms with Gasteiger partial charge in [0.15, 0.2) is 0 Å². The fourth-order valence-corrected chi connectivity index (χ4v) is 5.10. The molecule has 9 heteroatoms. The zero-order valence-electron chi connectivity index (χ0n) is 20.9. The highest BCUT2D eigenvalue weighted by atomic mass is 32.2. The predicted octanol–water partition coefficient (Wildman–Crippen LogP) is 6.01. The molecule has 0 atom stereocenters. The second kappa shape index (κ2) is 10.2. The summed E-state index contributed by atoms with van der Waals surface area (Å²) >= 11 is 0. The van der Waals surface area contributed by atoms with Crippen LogP contribution in [0.5, 0.6) is 5.75 Å². The van der Waals surface area contributed by atoms with Crippen LogP contribution >= 0.6 is 0 Å². The van der Waals surface area contributed by atoms with Crippen LogP contribution in [0, 0.1) is 27.7 Å². The molecule has 1 aromatic heterocycles. The molecule has 0 unspecified atom stereocenters. The average molecular weight is 504 g/mol. The zero-order chi connectivity index (χ0) is 25.9. The van der Waals surface area contributed by atoms with Crippen LogP contribution in [0.1, 0.15) is 22.5 Å². The van der Waals surface area contributed by atoms with Crippen LogP contribution in [0.3, 0.4) is 0 Å². The molecule has 0 aliphatic rings. The summed E-state index contributed by atoms with van der Waals surface area (Å²) in [6.07, 6.45) is 0. The Bertz CT molecular complexity index is 1490. The van der Waals surface area contributed by atoms with E-state index >= 15 is 0 Å². The smallest absolute Gasteiger partial charge is 0.262 e. The van der Waals surface area contributed by atoms with Crippen LogP contribution in [0.25, 0.3) is 0 Å². The molecule has 186 valence electrons. The molecule has 8 nitrogen and oxygen atoms in total. The van der Waals surface area contributed by atoms with Gasteiger partial charge in [-0.25, -0.2) is 18.4 Å². The molecule has 4 rings (SSSR count). The number of methoxy groups -OCH3 is 1. The van der Waals surface area contributed by atoms with E-state index in [1.807, 2.05) is 51.1 Å². The molecule has 3 N–H and O–H groups in total. The van der Waals surface area contributed by atoms with Gasteiger partial charge in [-0.1, -0.05) is 17.7 Å². The molecular weight excluding hydrogens is 474 g/mol. The van der Waals surface area contributed by atoms with Gasteiger partial charge in [0.05, 0.1) is 12.0 Å². The molecule has 36 heavy (non-hydrogen) atoms. The van der Waals surface area contributed by atoms with Crippen LogP contribution in [0.15, 0.2) is 71.6 Å². The first-order chi connectivity index (χ1) is 17.1. The summed E-state index contributed by atoms with van der Waals surface area (Å²) in [6, 6.07) is 20.2. The number of hydrogen-bond donors (Lipinski definition) is 3. The van der Waals surface area contributed by atoms with Crippen LogP contribution < -0.4 is 20.1 Å². The maximum atomic E-state index is 13.0. The van der Waals surface area contributed by atoms with Crippen molar-refractivity contribution in [3.05, 3.63) is 89.2 Å². The van der Waals surface area contributed by atoms with E-state index in [1.165, 1.54) is 5.56 Å². The van der Waals surface area contributed by atoms with Gasteiger partial charge in [0, 0.05) is 23.1 Å². The molecule has 0 aliphatic heterocycles. The summed E-state index contributed by atoms with van der Waals surface area (Å²) in [6.45, 7) is 7.42. The minimum Gasteiger partial charge on any atom is -0.496 e. The van der Waals surface area contributed by atoms with Crippen LogP contribution in [-0.4, -0.2) is 25.5 Å². The van der Waals surface area contributed by atoms with Crippen molar-refractivity contribution in [2.75, 3.05) is 22.5 Å². The number of nitrogens with zero attached hydrogens (tertiary/aromatic N) is 2. The Kier molecular flexibility index (Phi) is 7.12. The Labute approximate surface area is 211 Å². The maximum Gasteiger partial charge on any atom is 0.262 e. The van der Waals surface area contributed by atoms with Gasteiger partial charge in [0.1, 0.15) is 23.2 Å². The number of benzene rings is 3. The van der Waals surface area contributed by atoms with Gasteiger partial charge in [-0.3, -0.25) is 4.72 Å². The summed E-state index contributed by atoms with van der Waals surface area (Å²) < 4.78 is 33.9. The van der Waals surface area contributed by atoms with Crippen molar-refractivity contribution in [2.24, 2.45) is 0 Å². The van der Waals surface area contributed by atoms with Gasteiger partial charge in [-0.05, 0) is 87.4 Å². The predicted molar refractivity (Wildman–Crippen MR) is 144 cm³/mol. The Morgan fingerprint density at radius 1 is 0.694 bits per heavy atom. The standard InChI is InChI=1S/C27H29N5O3S/c1-17-6-8-21(9-7-17)30-26-16-27(29-20(4)28-26)31-22-10-12-23(13-11-22)32-36(33,34)25-15-18(2)24(35-5)14-19(25)3/h6-16,32H,1-5H3,(H2,28,29,30,31). The van der Waals surface area contributed by atoms with Gasteiger partial charge in [0.2, 0.25) is 0 Å². The van der Waals surface area contributed by atoms with Gasteiger partial charge in [0.25, 0.3) is 10.0 Å². The molecular formula is C27H29N5O3S. The van der Waals surface area contributed by atoms with Gasteiger partial charge >= 0.3 is 0 Å². The molecule has 0 spiro atoms. The Morgan fingerprint density at radius 3 is 1.78 bits per heavy atom. The van der Waals surface area contributed by atoms with Gasteiger partial charge in [-0.15, -0.1) is 0 Å². The van der Waals surface area contributed by atoms with Crippen molar-refractivity contribution < 1.29 is 13.2 Å². The third-order valence-corrected chi connectivity index (χ3v) is 7.08. The first-order valence-electron chi connectivity index (χ1n) is 11.4. The summed E-state index contributed by atoms with van der Waals surface area (Å²) in [5, 5.41) is 6.54. The number of rotatable bonds is 8. The van der Waals surface area contributed by atoms with E-state index in [2.05, 4.69) is 25.3 Å². The fourth-order valence-electron chi connectivity index (χ4n) is 3.73. The number of aryl methyl sites for hydroxylation is 4. The second-order valence-corrected chi connectivity index (χ2v) is 10.2. The molecule has 0 radical (unpaired) electrons. The fraction of sp³-hybridized carbons (Fsp3) is 0.185. The van der Waals surface area contributed by atoms with Crippen molar-refractivity contribution in [2.45, 2.75) is 32.6 Å². The van der Waals surface area contributed by atoms with Crippen molar-refractivity contribution in [3.8, 4) is 5.75 Å². The van der Waals surface area contributed by atoms with Crippen LogP contribution in [-0.2, 0) is 10.0 Å². The van der Waals surface area contributed by atoms with E-state index in [0.717, 1.165) is 16.9 Å². The number of nitrogens with one attached hydrogen (secondary N) is 3. The van der Waals surface area contributed by atoms with E-state index in [1.54, 1.807) is 50.4 Å². The molecule has 0 bridgehead atoms. The zero-order valence-corrected chi connectivity index (χ0v) is 21.7. The summed E-state index contributed by atoms with van der Waals surface area (Å²) in [5.74, 6) is 2.56. The highest BCUT2D eigenvalue weighted by molar-refractivity contribution is 7.92. The topological polar surface area (TPSA) is 105 Å².